The van der Waals surface area contributed by atoms with Gasteiger partial charge in [-0.2, -0.15) is 0 Å². The lowest BCUT2D eigenvalue weighted by molar-refractivity contribution is -0.709. The van der Waals surface area contributed by atoms with Gasteiger partial charge in [-0.05, 0) is 6.42 Å². The van der Waals surface area contributed by atoms with Gasteiger partial charge in [0, 0.05) is 75.7 Å². The summed E-state index contributed by atoms with van der Waals surface area (Å²) in [5.41, 5.74) is 2.51. The summed E-state index contributed by atoms with van der Waals surface area (Å²) in [5.74, 6) is 1.62. The maximum Gasteiger partial charge on any atom is 0.170 e. The first-order chi connectivity index (χ1) is 11.0. The van der Waals surface area contributed by atoms with Crippen LogP contribution in [0.3, 0.4) is 0 Å². The van der Waals surface area contributed by atoms with E-state index in [2.05, 4.69) is 96.2 Å². The third-order valence-electron chi connectivity index (χ3n) is 4.74. The van der Waals surface area contributed by atoms with Gasteiger partial charge in [0.2, 0.25) is 0 Å². The Hall–Kier alpha value is -2.10. The van der Waals surface area contributed by atoms with Gasteiger partial charge in [0.25, 0.3) is 0 Å². The van der Waals surface area contributed by atoms with Gasteiger partial charge in [0.05, 0.1) is 0 Å². The van der Waals surface area contributed by atoms with Crippen LogP contribution in [0.1, 0.15) is 6.42 Å². The van der Waals surface area contributed by atoms with Gasteiger partial charge in [0.1, 0.15) is 0 Å². The van der Waals surface area contributed by atoms with E-state index < -0.39 is 0 Å². The maximum atomic E-state index is 2.32. The summed E-state index contributed by atoms with van der Waals surface area (Å²) in [6.07, 6.45) is 10.1. The second kappa shape index (κ2) is 6.57. The van der Waals surface area contributed by atoms with Gasteiger partial charge < -0.3 is 9.80 Å². The molecule has 0 saturated heterocycles. The van der Waals surface area contributed by atoms with Crippen LogP contribution >= 0.6 is 0 Å². The summed E-state index contributed by atoms with van der Waals surface area (Å²) in [6.45, 7) is 2.27. The van der Waals surface area contributed by atoms with Crippen molar-refractivity contribution in [3.63, 3.8) is 0 Å². The summed E-state index contributed by atoms with van der Waals surface area (Å²) >= 11 is 0. The molecule has 0 unspecified atom stereocenters. The van der Waals surface area contributed by atoms with E-state index in [1.165, 1.54) is 17.8 Å². The fraction of sp³-hybridized carbons (Fsp3) is 0.474. The lowest BCUT2D eigenvalue weighted by Crippen LogP contribution is -2.37. The molecule has 3 rings (SSSR count). The molecule has 2 atom stereocenters. The fourth-order valence-corrected chi connectivity index (χ4v) is 3.04. The Bertz CT molecular complexity index is 574. The monoisotopic (exact) mass is 312 g/mol. The molecule has 1 aliphatic rings. The summed E-state index contributed by atoms with van der Waals surface area (Å²) in [5, 5.41) is 0. The number of rotatable bonds is 6. The Morgan fingerprint density at radius 3 is 1.39 bits per heavy atom. The van der Waals surface area contributed by atoms with Gasteiger partial charge in [-0.3, -0.25) is 0 Å². The van der Waals surface area contributed by atoms with Crippen LogP contribution in [0.2, 0.25) is 0 Å². The van der Waals surface area contributed by atoms with Crippen molar-refractivity contribution in [1.82, 2.24) is 0 Å². The second-order valence-corrected chi connectivity index (χ2v) is 7.05. The molecule has 0 amide bonds. The first kappa shape index (κ1) is 15.8. The number of hydrogen-bond acceptors (Lipinski definition) is 2. The number of hydrogen-bond donors (Lipinski definition) is 0. The molecule has 4 heteroatoms. The zero-order valence-electron chi connectivity index (χ0n) is 14.7. The molecule has 23 heavy (non-hydrogen) atoms. The minimum Gasteiger partial charge on any atom is -0.377 e. The Morgan fingerprint density at radius 1 is 0.739 bits per heavy atom. The zero-order valence-corrected chi connectivity index (χ0v) is 14.7. The van der Waals surface area contributed by atoms with Crippen LogP contribution in [0.25, 0.3) is 0 Å². The molecule has 0 radical (unpaired) electrons. The Kier molecular flexibility index (Phi) is 4.51. The van der Waals surface area contributed by atoms with E-state index in [0.717, 1.165) is 24.9 Å². The molecule has 2 heterocycles. The molecule has 2 aromatic rings. The topological polar surface area (TPSA) is 14.2 Å². The van der Waals surface area contributed by atoms with Crippen LogP contribution in [0.5, 0.6) is 0 Å². The molecule has 0 aromatic carbocycles. The van der Waals surface area contributed by atoms with Crippen molar-refractivity contribution >= 4 is 11.4 Å². The van der Waals surface area contributed by atoms with E-state index in [0.29, 0.717) is 0 Å². The van der Waals surface area contributed by atoms with Crippen LogP contribution in [0, 0.1) is 11.8 Å². The standard InChI is InChI=1S/C19H28N4/c1-20(2)18-5-9-22(10-6-18)14-16-13-17(16)15-23-11-7-19(8-12-23)21(3)4/h5-12,16-17H,13-15H2,1-4H3/q+2/t16-,17-/m0/s1. The summed E-state index contributed by atoms with van der Waals surface area (Å²) in [6, 6.07) is 8.75. The predicted octanol–water partition coefficient (Wildman–Crippen LogP) is 1.73. The van der Waals surface area contributed by atoms with Crippen LogP contribution < -0.4 is 18.9 Å². The highest BCUT2D eigenvalue weighted by molar-refractivity contribution is 5.42. The Morgan fingerprint density at radius 2 is 1.09 bits per heavy atom. The Labute approximate surface area is 139 Å². The van der Waals surface area contributed by atoms with Crippen LogP contribution in [0.4, 0.5) is 11.4 Å². The molecule has 1 fully saturated rings. The summed E-state index contributed by atoms with van der Waals surface area (Å²) < 4.78 is 4.63. The maximum absolute atomic E-state index is 2.32. The molecular weight excluding hydrogens is 284 g/mol. The van der Waals surface area contributed by atoms with Crippen molar-refractivity contribution in [2.45, 2.75) is 19.5 Å². The SMILES string of the molecule is CN(C)c1cc[n+](C[C@@H]2C[C@H]2C[n+]2ccc(N(C)C)cc2)cc1. The van der Waals surface area contributed by atoms with Gasteiger partial charge in [0.15, 0.2) is 37.9 Å². The van der Waals surface area contributed by atoms with Gasteiger partial charge >= 0.3 is 0 Å². The van der Waals surface area contributed by atoms with E-state index >= 15 is 0 Å². The molecule has 0 spiro atoms. The lowest BCUT2D eigenvalue weighted by atomic mass is 10.3. The largest absolute Gasteiger partial charge is 0.377 e. The van der Waals surface area contributed by atoms with Crippen molar-refractivity contribution in [3.8, 4) is 0 Å². The molecule has 1 saturated carbocycles. The second-order valence-electron chi connectivity index (χ2n) is 7.05. The van der Waals surface area contributed by atoms with Gasteiger partial charge in [-0.25, -0.2) is 9.13 Å². The molecular formula is C19H28N4+2. The average Bonchev–Trinajstić information content (AvgIpc) is 3.25. The summed E-state index contributed by atoms with van der Waals surface area (Å²) in [4.78, 5) is 4.27. The Balaban J connectivity index is 1.51. The van der Waals surface area contributed by atoms with E-state index in [-0.39, 0.29) is 0 Å². The third-order valence-corrected chi connectivity index (χ3v) is 4.74. The lowest BCUT2D eigenvalue weighted by Gasteiger charge is -2.10. The normalized spacial score (nSPS) is 19.5. The van der Waals surface area contributed by atoms with Crippen molar-refractivity contribution in [3.05, 3.63) is 49.1 Å². The smallest absolute Gasteiger partial charge is 0.170 e. The molecule has 0 bridgehead atoms. The molecule has 1 aliphatic carbocycles. The van der Waals surface area contributed by atoms with Crippen molar-refractivity contribution < 1.29 is 9.13 Å². The van der Waals surface area contributed by atoms with E-state index in [1.807, 2.05) is 0 Å². The highest BCUT2D eigenvalue weighted by Crippen LogP contribution is 2.38. The first-order valence-corrected chi connectivity index (χ1v) is 8.36. The highest BCUT2D eigenvalue weighted by Gasteiger charge is 2.42. The quantitative estimate of drug-likeness (QED) is 0.754. The van der Waals surface area contributed by atoms with E-state index in [9.17, 15) is 0 Å². The van der Waals surface area contributed by atoms with Crippen molar-refractivity contribution in [2.24, 2.45) is 11.8 Å². The average molecular weight is 312 g/mol. The van der Waals surface area contributed by atoms with Crippen molar-refractivity contribution in [2.75, 3.05) is 38.0 Å². The highest BCUT2D eigenvalue weighted by atomic mass is 15.1. The minimum absolute atomic E-state index is 0.811. The zero-order chi connectivity index (χ0) is 16.4. The van der Waals surface area contributed by atoms with Crippen LogP contribution in [-0.2, 0) is 13.1 Å². The molecule has 4 nitrogen and oxygen atoms in total. The van der Waals surface area contributed by atoms with Crippen LogP contribution in [-0.4, -0.2) is 28.2 Å². The van der Waals surface area contributed by atoms with E-state index in [4.69, 9.17) is 0 Å². The molecule has 0 N–H and O–H groups in total. The predicted molar refractivity (Wildman–Crippen MR) is 93.5 cm³/mol. The molecule has 0 aliphatic heterocycles. The third kappa shape index (κ3) is 4.01. The van der Waals surface area contributed by atoms with Crippen molar-refractivity contribution in [1.29, 1.82) is 0 Å². The summed E-state index contributed by atoms with van der Waals surface area (Å²) in [7, 11) is 8.32. The van der Waals surface area contributed by atoms with Gasteiger partial charge in [-0.15, -0.1) is 0 Å². The number of anilines is 2. The first-order valence-electron chi connectivity index (χ1n) is 8.36. The molecule has 2 aromatic heterocycles. The van der Waals surface area contributed by atoms with Crippen LogP contribution in [0.15, 0.2) is 49.1 Å². The number of aromatic nitrogens is 2. The van der Waals surface area contributed by atoms with E-state index in [1.54, 1.807) is 0 Å². The number of pyridine rings is 2. The molecule has 122 valence electrons. The minimum atomic E-state index is 0.811. The fourth-order valence-electron chi connectivity index (χ4n) is 3.04. The van der Waals surface area contributed by atoms with Gasteiger partial charge in [-0.1, -0.05) is 0 Å². The number of nitrogens with zero attached hydrogens (tertiary/aromatic N) is 4.